The minimum Gasteiger partial charge on any atom is -0.458 e. The summed E-state index contributed by atoms with van der Waals surface area (Å²) in [4.78, 5) is 138. The summed E-state index contributed by atoms with van der Waals surface area (Å²) in [7, 11) is 0. The van der Waals surface area contributed by atoms with E-state index in [1.165, 1.54) is 13.0 Å². The molecule has 0 fully saturated rings. The number of nitrogens with zero attached hydrogens (tertiary/aromatic N) is 3. The van der Waals surface area contributed by atoms with Crippen molar-refractivity contribution in [2.24, 2.45) is 5.92 Å². The maximum Gasteiger partial charge on any atom is 0.343 e. The topological polar surface area (TPSA) is 401 Å². The van der Waals surface area contributed by atoms with Crippen LogP contribution in [0.5, 0.6) is 0 Å². The van der Waals surface area contributed by atoms with Crippen LogP contribution < -0.4 is 32.1 Å². The van der Waals surface area contributed by atoms with Crippen LogP contribution in [0.25, 0.3) is 22.3 Å². The Hall–Kier alpha value is -7.60. The predicted molar refractivity (Wildman–Crippen MR) is 296 cm³/mol. The standard InChI is InChI=1S/C57H75FN8O19/c1-7-31-33-24-65-39(21-35-34(55(65)80)26-84-56(81)57(35,82)8-2)49(33)63-38-22-36(58)29(5)32(47(31)38)13-11-12-20-83-27-60-52(77)30(6)61-54(79)48(28(3)4)64-53(78)37(16-17-42(70)59-23-40(68)50(75)51(76)41(69)25-67)62-43(71)14-9-10-15-46(74)85-66-44(72)18-19-45(66)73/h18-19,21-22,28,30,37,40-41,48,50-51,67-69,75-76,82H,7-17,20,23-27H2,1-6H3,(H,59,70)(H,60,77)(H,61,79)(H,62,71)(H,64,78)/t30-,37-,40-,41+,48-,50+,51+,57-/m0/s1. The number of amides is 7. The molecule has 8 atom stereocenters. The lowest BCUT2D eigenvalue weighted by Crippen LogP contribution is -2.58. The Balaban J connectivity index is 1.01. The highest BCUT2D eigenvalue weighted by atomic mass is 19.1. The number of unbranched alkanes of at least 4 members (excludes halogenated alkanes) is 2. The molecule has 0 aliphatic carbocycles. The van der Waals surface area contributed by atoms with Crippen LogP contribution >= 0.6 is 0 Å². The number of cyclic esters (lactones) is 1. The number of benzene rings is 1. The molecule has 5 heterocycles. The summed E-state index contributed by atoms with van der Waals surface area (Å²) in [6.45, 7) is 8.17. The van der Waals surface area contributed by atoms with E-state index in [1.807, 2.05) is 6.92 Å². The quantitative estimate of drug-likeness (QED) is 0.0123. The summed E-state index contributed by atoms with van der Waals surface area (Å²) in [5, 5.41) is 73.8. The summed E-state index contributed by atoms with van der Waals surface area (Å²) < 4.78 is 28.1. The van der Waals surface area contributed by atoms with Gasteiger partial charge in [0.15, 0.2) is 5.60 Å². The van der Waals surface area contributed by atoms with E-state index in [-0.39, 0.29) is 81.2 Å². The van der Waals surface area contributed by atoms with Gasteiger partial charge < -0.3 is 76.1 Å². The largest absolute Gasteiger partial charge is 0.458 e. The van der Waals surface area contributed by atoms with Gasteiger partial charge in [-0.1, -0.05) is 32.8 Å². The van der Waals surface area contributed by atoms with E-state index in [4.69, 9.17) is 24.4 Å². The van der Waals surface area contributed by atoms with Crippen LogP contribution in [0.2, 0.25) is 0 Å². The molecule has 464 valence electrons. The van der Waals surface area contributed by atoms with E-state index in [9.17, 15) is 73.5 Å². The van der Waals surface area contributed by atoms with Gasteiger partial charge in [-0.3, -0.25) is 38.4 Å². The normalized spacial score (nSPS) is 17.7. The summed E-state index contributed by atoms with van der Waals surface area (Å²) in [5.74, 6) is -8.34. The number of aromatic nitrogens is 2. The van der Waals surface area contributed by atoms with Gasteiger partial charge in [-0.05, 0) is 93.9 Å². The van der Waals surface area contributed by atoms with E-state index in [2.05, 4.69) is 26.6 Å². The molecule has 0 unspecified atom stereocenters. The zero-order valence-corrected chi connectivity index (χ0v) is 48.2. The monoisotopic (exact) mass is 1190 g/mol. The number of nitrogens with one attached hydrogen (secondary N) is 5. The minimum atomic E-state index is -2.00. The average molecular weight is 1200 g/mol. The van der Waals surface area contributed by atoms with Gasteiger partial charge in [0.2, 0.25) is 29.5 Å². The molecule has 0 bridgehead atoms. The maximum atomic E-state index is 15.7. The van der Waals surface area contributed by atoms with Crippen LogP contribution in [0.1, 0.15) is 126 Å². The van der Waals surface area contributed by atoms with Crippen molar-refractivity contribution in [1.29, 1.82) is 0 Å². The molecule has 0 radical (unpaired) electrons. The number of carbonyl (C=O) groups excluding carboxylic acids is 9. The molecule has 3 aliphatic heterocycles. The second-order valence-corrected chi connectivity index (χ2v) is 21.5. The number of imide groups is 1. The Bertz CT molecular complexity index is 3130. The highest BCUT2D eigenvalue weighted by molar-refractivity contribution is 6.12. The summed E-state index contributed by atoms with van der Waals surface area (Å²) >= 11 is 0. The number of rotatable bonds is 31. The highest BCUT2D eigenvalue weighted by Gasteiger charge is 2.46. The van der Waals surface area contributed by atoms with Crippen molar-refractivity contribution in [2.75, 3.05) is 26.5 Å². The molecule has 2 aromatic heterocycles. The fraction of sp³-hybridized carbons (Fsp3) is 0.561. The number of hydrogen-bond donors (Lipinski definition) is 11. The summed E-state index contributed by atoms with van der Waals surface area (Å²) in [6, 6.07) is -0.921. The first-order valence-corrected chi connectivity index (χ1v) is 28.2. The fourth-order valence-corrected chi connectivity index (χ4v) is 10.2. The van der Waals surface area contributed by atoms with E-state index in [0.29, 0.717) is 48.2 Å². The Morgan fingerprint density at radius 2 is 1.49 bits per heavy atom. The number of aryl methyl sites for hydroxylation is 2. The lowest BCUT2D eigenvalue weighted by Gasteiger charge is -2.31. The van der Waals surface area contributed by atoms with Gasteiger partial charge >= 0.3 is 11.9 Å². The number of halogens is 1. The second kappa shape index (κ2) is 29.5. The lowest BCUT2D eigenvalue weighted by atomic mass is 9.86. The van der Waals surface area contributed by atoms with Crippen molar-refractivity contribution in [2.45, 2.75) is 173 Å². The first-order valence-electron chi connectivity index (χ1n) is 28.2. The maximum absolute atomic E-state index is 15.7. The summed E-state index contributed by atoms with van der Waals surface area (Å²) in [6.07, 6.45) is -4.98. The molecule has 3 aliphatic rings. The van der Waals surface area contributed by atoms with Crippen LogP contribution in [-0.2, 0) is 89.1 Å². The molecule has 0 saturated carbocycles. The first kappa shape index (κ1) is 66.5. The number of fused-ring (bicyclic) bond motifs is 5. The lowest BCUT2D eigenvalue weighted by molar-refractivity contribution is -0.196. The van der Waals surface area contributed by atoms with Gasteiger partial charge in [-0.15, -0.1) is 0 Å². The van der Waals surface area contributed by atoms with Gasteiger partial charge in [0.05, 0.1) is 41.7 Å². The average Bonchev–Trinajstić information content (AvgIpc) is 1.72. The second-order valence-electron chi connectivity index (χ2n) is 21.5. The molecule has 3 aromatic rings. The van der Waals surface area contributed by atoms with Crippen LogP contribution in [-0.4, -0.2) is 168 Å². The van der Waals surface area contributed by atoms with Crippen molar-refractivity contribution in [3.63, 3.8) is 0 Å². The summed E-state index contributed by atoms with van der Waals surface area (Å²) in [5.41, 5.74) is 2.11. The van der Waals surface area contributed by atoms with Crippen LogP contribution in [0.15, 0.2) is 29.1 Å². The van der Waals surface area contributed by atoms with Gasteiger partial charge in [-0.25, -0.2) is 19.0 Å². The predicted octanol–water partition coefficient (Wildman–Crippen LogP) is -1.09. The van der Waals surface area contributed by atoms with Gasteiger partial charge in [0.1, 0.15) is 55.6 Å². The zero-order chi connectivity index (χ0) is 62.6. The third-order valence-corrected chi connectivity index (χ3v) is 15.2. The Morgan fingerprint density at radius 1 is 0.812 bits per heavy atom. The van der Waals surface area contributed by atoms with Crippen molar-refractivity contribution in [3.05, 3.63) is 73.8 Å². The van der Waals surface area contributed by atoms with Gasteiger partial charge in [-0.2, -0.15) is 0 Å². The number of esters is 1. The van der Waals surface area contributed by atoms with Crippen molar-refractivity contribution < 1.29 is 92.5 Å². The Kier molecular flexibility index (Phi) is 23.1. The third-order valence-electron chi connectivity index (χ3n) is 15.2. The third kappa shape index (κ3) is 15.6. The van der Waals surface area contributed by atoms with Crippen molar-refractivity contribution >= 4 is 64.2 Å². The Labute approximate surface area is 487 Å². The first-order chi connectivity index (χ1) is 40.3. The SMILES string of the molecule is CCc1c2c(nc3cc(F)c(C)c(CCCCOCNC(=O)[C@H](C)NC(=O)[C@@H](NC(=O)[C@H](CCC(=O)NC[C@H](O)[C@@H](O)[C@H](O)[C@H](O)CO)NC(=O)CCCCC(=O)ON4C(=O)C=CC4=O)C(C)C)c13)-c1cc3c(c(=O)n1C2)COC(=O)[C@]3(O)CC. The minimum absolute atomic E-state index is 0.0165. The molecular formula is C57H75FN8O19. The molecule has 0 saturated heterocycles. The molecule has 7 amide bonds. The van der Waals surface area contributed by atoms with E-state index >= 15 is 4.39 Å². The number of aliphatic hydroxyl groups excluding tert-OH is 5. The Morgan fingerprint density at radius 3 is 2.15 bits per heavy atom. The number of hydroxylamine groups is 2. The smallest absolute Gasteiger partial charge is 0.343 e. The van der Waals surface area contributed by atoms with Crippen molar-refractivity contribution in [1.82, 2.24) is 41.2 Å². The van der Waals surface area contributed by atoms with Crippen molar-refractivity contribution in [3.8, 4) is 11.4 Å². The molecule has 1 aromatic carbocycles. The van der Waals surface area contributed by atoms with Crippen LogP contribution in [0.3, 0.4) is 0 Å². The fourth-order valence-electron chi connectivity index (χ4n) is 10.2. The number of aliphatic hydroxyl groups is 6. The molecule has 85 heavy (non-hydrogen) atoms. The molecular weight excluding hydrogens is 1120 g/mol. The number of pyridine rings is 2. The number of ether oxygens (including phenoxy) is 2. The number of carbonyl (C=O) groups is 9. The van der Waals surface area contributed by atoms with E-state index in [1.54, 1.807) is 38.3 Å². The number of hydrogen-bond acceptors (Lipinski definition) is 20. The van der Waals surface area contributed by atoms with Gasteiger partial charge in [0.25, 0.3) is 17.4 Å². The van der Waals surface area contributed by atoms with Gasteiger partial charge in [0, 0.05) is 67.1 Å². The van der Waals surface area contributed by atoms with Crippen LogP contribution in [0.4, 0.5) is 4.39 Å². The molecule has 6 rings (SSSR count). The molecule has 0 spiro atoms. The molecule has 27 nitrogen and oxygen atoms in total. The molecule has 28 heteroatoms. The van der Waals surface area contributed by atoms with Crippen LogP contribution in [0, 0.1) is 18.7 Å². The highest BCUT2D eigenvalue weighted by Crippen LogP contribution is 2.42. The van der Waals surface area contributed by atoms with E-state index < -0.39 is 138 Å². The zero-order valence-electron chi connectivity index (χ0n) is 48.2. The molecule has 11 N–H and O–H groups in total. The van der Waals surface area contributed by atoms with E-state index in [0.717, 1.165) is 34.2 Å².